The van der Waals surface area contributed by atoms with E-state index < -0.39 is 0 Å². The maximum Gasteiger partial charge on any atom is 0.139 e. The Balaban J connectivity index is 1.04. The molecule has 2 aromatic rings. The molecule has 29 heavy (non-hydrogen) atoms. The highest BCUT2D eigenvalue weighted by atomic mass is 16.3. The third kappa shape index (κ3) is 4.50. The van der Waals surface area contributed by atoms with Crippen LogP contribution in [0.25, 0.3) is 11.0 Å². The van der Waals surface area contributed by atoms with Crippen LogP contribution in [0, 0.1) is 17.8 Å². The van der Waals surface area contributed by atoms with Crippen LogP contribution >= 0.6 is 0 Å². The Morgan fingerprint density at radius 1 is 1.00 bits per heavy atom. The van der Waals surface area contributed by atoms with Crippen LogP contribution in [0.15, 0.2) is 29.0 Å². The first-order valence-electron chi connectivity index (χ1n) is 11.6. The summed E-state index contributed by atoms with van der Waals surface area (Å²) in [7, 11) is 0. The summed E-state index contributed by atoms with van der Waals surface area (Å²) in [6.45, 7) is 5.51. The van der Waals surface area contributed by atoms with E-state index in [9.17, 15) is 4.79 Å². The van der Waals surface area contributed by atoms with Crippen molar-refractivity contribution in [2.45, 2.75) is 51.4 Å². The molecule has 0 atom stereocenters. The number of carbonyl (C=O) groups excluding carboxylic acids is 1. The van der Waals surface area contributed by atoms with Crippen molar-refractivity contribution in [1.29, 1.82) is 0 Å². The Bertz CT molecular complexity index is 828. The molecule has 1 aliphatic heterocycles. The van der Waals surface area contributed by atoms with Crippen LogP contribution in [0.4, 0.5) is 5.82 Å². The van der Waals surface area contributed by atoms with Crippen molar-refractivity contribution >= 4 is 22.6 Å². The highest BCUT2D eigenvalue weighted by Crippen LogP contribution is 2.37. The number of carbonyl (C=O) groups is 1. The summed E-state index contributed by atoms with van der Waals surface area (Å²) in [6, 6.07) is 3.96. The van der Waals surface area contributed by atoms with Gasteiger partial charge < -0.3 is 9.32 Å². The molecule has 0 spiro atoms. The third-order valence-corrected chi connectivity index (χ3v) is 7.37. The lowest BCUT2D eigenvalue weighted by molar-refractivity contribution is -0.121. The summed E-state index contributed by atoms with van der Waals surface area (Å²) < 4.78 is 5.52. The van der Waals surface area contributed by atoms with Crippen molar-refractivity contribution in [2.24, 2.45) is 17.8 Å². The zero-order valence-corrected chi connectivity index (χ0v) is 17.4. The molecule has 3 aliphatic rings. The van der Waals surface area contributed by atoms with E-state index in [0.717, 1.165) is 68.1 Å². The number of Topliss-reactive ketones (excluding diaryl/α,β-unsaturated/α-hetero) is 1. The Labute approximate surface area is 173 Å². The zero-order chi connectivity index (χ0) is 19.6. The van der Waals surface area contributed by atoms with Gasteiger partial charge in [0, 0.05) is 44.7 Å². The molecule has 2 aliphatic carbocycles. The first-order chi connectivity index (χ1) is 14.3. The van der Waals surface area contributed by atoms with Gasteiger partial charge in [-0.25, -0.2) is 4.98 Å². The SMILES string of the molecule is O=C(CC1CCC(CCN2CCN(c3nccc4occc34)CC2)CC1)C1CC1. The molecule has 2 aromatic heterocycles. The molecule has 0 amide bonds. The van der Waals surface area contributed by atoms with E-state index >= 15 is 0 Å². The number of anilines is 1. The quantitative estimate of drug-likeness (QED) is 0.690. The second-order valence-corrected chi connectivity index (χ2v) is 9.42. The second-order valence-electron chi connectivity index (χ2n) is 9.42. The summed E-state index contributed by atoms with van der Waals surface area (Å²) >= 11 is 0. The van der Waals surface area contributed by atoms with Gasteiger partial charge in [0.2, 0.25) is 0 Å². The van der Waals surface area contributed by atoms with Gasteiger partial charge in [0.05, 0.1) is 11.6 Å². The largest absolute Gasteiger partial charge is 0.464 e. The maximum atomic E-state index is 12.1. The summed E-state index contributed by atoms with van der Waals surface area (Å²) in [5, 5.41) is 1.12. The predicted octanol–water partition coefficient (Wildman–Crippen LogP) is 4.52. The standard InChI is InChI=1S/C24H33N3O2/c28-22(20-5-6-20)17-19-3-1-18(2-4-19)8-11-26-12-14-27(15-13-26)24-21-9-16-29-23(21)7-10-25-24/h7,9-10,16,18-20H,1-6,8,11-15,17H2. The van der Waals surface area contributed by atoms with Gasteiger partial charge in [-0.05, 0) is 62.6 Å². The third-order valence-electron chi connectivity index (χ3n) is 7.37. The number of piperazine rings is 1. The van der Waals surface area contributed by atoms with Gasteiger partial charge in [-0.3, -0.25) is 9.69 Å². The van der Waals surface area contributed by atoms with Gasteiger partial charge in [0.25, 0.3) is 0 Å². The van der Waals surface area contributed by atoms with E-state index in [1.54, 1.807) is 6.26 Å². The minimum absolute atomic E-state index is 0.446. The molecule has 5 rings (SSSR count). The van der Waals surface area contributed by atoms with Crippen molar-refractivity contribution in [3.63, 3.8) is 0 Å². The first kappa shape index (κ1) is 19.1. The number of fused-ring (bicyclic) bond motifs is 1. The Kier molecular flexibility index (Phi) is 5.58. The Hall–Kier alpha value is -1.88. The van der Waals surface area contributed by atoms with Crippen LogP contribution in [0.2, 0.25) is 0 Å². The van der Waals surface area contributed by atoms with E-state index in [1.165, 1.54) is 38.6 Å². The summed E-state index contributed by atoms with van der Waals surface area (Å²) in [5.74, 6) is 3.62. The molecule has 0 unspecified atom stereocenters. The van der Waals surface area contributed by atoms with Crippen molar-refractivity contribution in [3.8, 4) is 0 Å². The minimum Gasteiger partial charge on any atom is -0.464 e. The molecule has 0 radical (unpaired) electrons. The number of aromatic nitrogens is 1. The molecule has 0 N–H and O–H groups in total. The molecule has 5 heteroatoms. The van der Waals surface area contributed by atoms with E-state index in [1.807, 2.05) is 18.3 Å². The Morgan fingerprint density at radius 3 is 2.52 bits per heavy atom. The topological polar surface area (TPSA) is 49.6 Å². The molecule has 0 aromatic carbocycles. The average Bonchev–Trinajstić information content (AvgIpc) is 3.50. The van der Waals surface area contributed by atoms with E-state index in [2.05, 4.69) is 14.8 Å². The summed E-state index contributed by atoms with van der Waals surface area (Å²) in [6.07, 6.45) is 13.3. The van der Waals surface area contributed by atoms with Crippen LogP contribution in [-0.4, -0.2) is 48.4 Å². The fourth-order valence-electron chi connectivity index (χ4n) is 5.26. The number of hydrogen-bond acceptors (Lipinski definition) is 5. The highest BCUT2D eigenvalue weighted by Gasteiger charge is 2.32. The lowest BCUT2D eigenvalue weighted by Gasteiger charge is -2.36. The molecule has 3 heterocycles. The maximum absolute atomic E-state index is 12.1. The molecule has 3 fully saturated rings. The van der Waals surface area contributed by atoms with Crippen LogP contribution < -0.4 is 4.90 Å². The number of rotatable bonds is 7. The predicted molar refractivity (Wildman–Crippen MR) is 115 cm³/mol. The highest BCUT2D eigenvalue weighted by molar-refractivity contribution is 5.88. The number of nitrogens with zero attached hydrogens (tertiary/aromatic N) is 3. The average molecular weight is 396 g/mol. The number of ketones is 1. The van der Waals surface area contributed by atoms with Crippen LogP contribution in [0.1, 0.15) is 51.4 Å². The van der Waals surface area contributed by atoms with E-state index in [4.69, 9.17) is 4.42 Å². The zero-order valence-electron chi connectivity index (χ0n) is 17.4. The van der Waals surface area contributed by atoms with Crippen molar-refractivity contribution < 1.29 is 9.21 Å². The minimum atomic E-state index is 0.446. The molecule has 2 saturated carbocycles. The van der Waals surface area contributed by atoms with Gasteiger partial charge in [-0.15, -0.1) is 0 Å². The van der Waals surface area contributed by atoms with Crippen LogP contribution in [-0.2, 0) is 4.79 Å². The summed E-state index contributed by atoms with van der Waals surface area (Å²) in [4.78, 5) is 21.7. The van der Waals surface area contributed by atoms with Gasteiger partial charge in [-0.2, -0.15) is 0 Å². The molecule has 5 nitrogen and oxygen atoms in total. The molecular weight excluding hydrogens is 362 g/mol. The van der Waals surface area contributed by atoms with Crippen molar-refractivity contribution in [1.82, 2.24) is 9.88 Å². The fraction of sp³-hybridized carbons (Fsp3) is 0.667. The lowest BCUT2D eigenvalue weighted by atomic mass is 9.78. The van der Waals surface area contributed by atoms with E-state index in [-0.39, 0.29) is 0 Å². The van der Waals surface area contributed by atoms with Gasteiger partial charge in [0.1, 0.15) is 17.2 Å². The van der Waals surface area contributed by atoms with Gasteiger partial charge in [-0.1, -0.05) is 12.8 Å². The molecule has 1 saturated heterocycles. The smallest absolute Gasteiger partial charge is 0.139 e. The summed E-state index contributed by atoms with van der Waals surface area (Å²) in [5.41, 5.74) is 0.923. The lowest BCUT2D eigenvalue weighted by Crippen LogP contribution is -2.47. The van der Waals surface area contributed by atoms with Crippen molar-refractivity contribution in [2.75, 3.05) is 37.6 Å². The monoisotopic (exact) mass is 395 g/mol. The molecule has 0 bridgehead atoms. The second kappa shape index (κ2) is 8.47. The van der Waals surface area contributed by atoms with Gasteiger partial charge in [0.15, 0.2) is 0 Å². The number of hydrogen-bond donors (Lipinski definition) is 0. The normalized spacial score (nSPS) is 26.1. The fourth-order valence-corrected chi connectivity index (χ4v) is 5.26. The Morgan fingerprint density at radius 2 is 1.76 bits per heavy atom. The van der Waals surface area contributed by atoms with Crippen molar-refractivity contribution in [3.05, 3.63) is 24.6 Å². The first-order valence-corrected chi connectivity index (χ1v) is 11.6. The van der Waals surface area contributed by atoms with E-state index in [0.29, 0.717) is 17.6 Å². The number of furan rings is 1. The van der Waals surface area contributed by atoms with Crippen LogP contribution in [0.5, 0.6) is 0 Å². The van der Waals surface area contributed by atoms with Crippen LogP contribution in [0.3, 0.4) is 0 Å². The molecule has 156 valence electrons. The van der Waals surface area contributed by atoms with Gasteiger partial charge >= 0.3 is 0 Å². The number of pyridine rings is 1. The molecular formula is C24H33N3O2.